The Kier molecular flexibility index (Phi) is 5.89. The van der Waals surface area contributed by atoms with Crippen molar-refractivity contribution in [3.05, 3.63) is 176 Å². The van der Waals surface area contributed by atoms with Crippen LogP contribution in [0.15, 0.2) is 176 Å². The van der Waals surface area contributed by atoms with E-state index in [-0.39, 0.29) is 0 Å². The number of rotatable bonds is 3. The summed E-state index contributed by atoms with van der Waals surface area (Å²) in [7, 11) is -0.579. The van der Waals surface area contributed by atoms with Crippen LogP contribution in [0.4, 0.5) is 0 Å². The van der Waals surface area contributed by atoms with Crippen LogP contribution in [0.5, 0.6) is 0 Å². The summed E-state index contributed by atoms with van der Waals surface area (Å²) < 4.78 is 0. The normalized spacial score (nSPS) is 12.2. The molecule has 0 radical (unpaired) electrons. The lowest BCUT2D eigenvalue weighted by molar-refractivity contribution is 1.69. The molecule has 1 aromatic heterocycles. The lowest BCUT2D eigenvalue weighted by Crippen LogP contribution is -1.89. The van der Waals surface area contributed by atoms with Gasteiger partial charge in [0.2, 0.25) is 0 Å². The first-order valence-corrected chi connectivity index (χ1v) is 17.6. The monoisotopic (exact) mass is 612 g/mol. The molecule has 1 atom stereocenters. The van der Waals surface area contributed by atoms with E-state index in [2.05, 4.69) is 176 Å². The van der Waals surface area contributed by atoms with Crippen molar-refractivity contribution in [2.45, 2.75) is 0 Å². The second-order valence-electron chi connectivity index (χ2n) is 12.5. The summed E-state index contributed by atoms with van der Waals surface area (Å²) in [4.78, 5) is 0. The summed E-state index contributed by atoms with van der Waals surface area (Å²) in [6.45, 7) is 0. The molecular weight excluding hydrogens is 583 g/mol. The second kappa shape index (κ2) is 10.4. The zero-order valence-electron chi connectivity index (χ0n) is 25.7. The van der Waals surface area contributed by atoms with Crippen molar-refractivity contribution in [1.82, 2.24) is 0 Å². The third-order valence-corrected chi connectivity index (χ3v) is 12.5. The zero-order valence-corrected chi connectivity index (χ0v) is 26.6. The maximum atomic E-state index is 2.46. The molecule has 10 rings (SSSR count). The summed E-state index contributed by atoms with van der Waals surface area (Å²) in [6, 6.07) is 65.6. The summed E-state index contributed by atoms with van der Waals surface area (Å²) in [5, 5.41) is 17.4. The summed E-state index contributed by atoms with van der Waals surface area (Å²) in [5.74, 6) is 0. The Morgan fingerprint density at radius 1 is 0.298 bits per heavy atom. The quantitative estimate of drug-likeness (QED) is 0.174. The van der Waals surface area contributed by atoms with Crippen LogP contribution >= 0.6 is 7.53 Å². The Labute approximate surface area is 274 Å². The minimum absolute atomic E-state index is 0.579. The average Bonchev–Trinajstić information content (AvgIpc) is 3.48. The van der Waals surface area contributed by atoms with Crippen LogP contribution in [0.1, 0.15) is 0 Å². The minimum Gasteiger partial charge on any atom is -0.0772 e. The molecule has 0 saturated carbocycles. The lowest BCUT2D eigenvalue weighted by atomic mass is 9.87. The van der Waals surface area contributed by atoms with Crippen LogP contribution in [0.25, 0.3) is 91.7 Å². The molecule has 0 fully saturated rings. The van der Waals surface area contributed by atoms with Gasteiger partial charge in [-0.2, -0.15) is 0 Å². The van der Waals surface area contributed by atoms with Crippen LogP contribution in [-0.2, 0) is 0 Å². The average molecular weight is 613 g/mol. The van der Waals surface area contributed by atoms with E-state index in [1.165, 1.54) is 91.7 Å². The standard InChI is InChI=1S/C46H29P/c1-2-14-35(15-3-1)47-44-21-11-10-18-38(44)43-27-33(24-25-45(43)47)42-29-34-28-41(32-23-22-30-12-4-5-13-31(30)26-32)36-16-6-8-19-39(36)46(34)40-20-9-7-17-37(40)42/h1-29H. The van der Waals surface area contributed by atoms with E-state index in [9.17, 15) is 0 Å². The molecule has 1 heterocycles. The van der Waals surface area contributed by atoms with Gasteiger partial charge in [0.05, 0.1) is 0 Å². The van der Waals surface area contributed by atoms with Gasteiger partial charge in [-0.3, -0.25) is 0 Å². The molecule has 1 heteroatoms. The Bertz CT molecular complexity index is 2840. The number of fused-ring (bicyclic) bond motifs is 9. The van der Waals surface area contributed by atoms with Crippen LogP contribution in [0.3, 0.4) is 0 Å². The first kappa shape index (κ1) is 26.5. The van der Waals surface area contributed by atoms with E-state index in [0.717, 1.165) is 0 Å². The van der Waals surface area contributed by atoms with E-state index < -0.39 is 7.53 Å². The predicted molar refractivity (Wildman–Crippen MR) is 206 cm³/mol. The van der Waals surface area contributed by atoms with Crippen molar-refractivity contribution in [2.75, 3.05) is 0 Å². The first-order valence-electron chi connectivity index (χ1n) is 16.3. The molecular formula is C46H29P. The van der Waals surface area contributed by atoms with Gasteiger partial charge in [0, 0.05) is 10.2 Å². The second-order valence-corrected chi connectivity index (χ2v) is 14.7. The van der Waals surface area contributed by atoms with E-state index in [1.54, 1.807) is 0 Å². The highest BCUT2D eigenvalue weighted by molar-refractivity contribution is 7.67. The molecule has 218 valence electrons. The molecule has 9 aromatic carbocycles. The van der Waals surface area contributed by atoms with Gasteiger partial charge in [-0.05, 0) is 112 Å². The molecule has 10 aromatic rings. The Balaban J connectivity index is 1.27. The highest BCUT2D eigenvalue weighted by Gasteiger charge is 2.17. The van der Waals surface area contributed by atoms with Gasteiger partial charge in [-0.1, -0.05) is 153 Å². The largest absolute Gasteiger partial charge is 0.0772 e. The SMILES string of the molecule is c1ccc(-p2c3ccccc3c3cc(-c4cc5cc(-c6ccc7ccccc7c6)c6ccccc6c5c5ccccc45)ccc32)cc1. The fraction of sp³-hybridized carbons (Fsp3) is 0. The highest BCUT2D eigenvalue weighted by atomic mass is 31.1. The molecule has 1 unspecified atom stereocenters. The van der Waals surface area contributed by atoms with E-state index in [1.807, 2.05) is 0 Å². The molecule has 0 bridgehead atoms. The van der Waals surface area contributed by atoms with Gasteiger partial charge in [-0.25, -0.2) is 0 Å². The predicted octanol–water partition coefficient (Wildman–Crippen LogP) is 13.9. The zero-order chi connectivity index (χ0) is 30.9. The van der Waals surface area contributed by atoms with Crippen molar-refractivity contribution < 1.29 is 0 Å². The van der Waals surface area contributed by atoms with Gasteiger partial charge in [-0.15, -0.1) is 0 Å². The maximum absolute atomic E-state index is 2.46. The first-order chi connectivity index (χ1) is 23.3. The Morgan fingerprint density at radius 2 is 0.830 bits per heavy atom. The van der Waals surface area contributed by atoms with Gasteiger partial charge >= 0.3 is 0 Å². The lowest BCUT2D eigenvalue weighted by Gasteiger charge is -2.16. The van der Waals surface area contributed by atoms with Gasteiger partial charge in [0.15, 0.2) is 0 Å². The van der Waals surface area contributed by atoms with Crippen molar-refractivity contribution in [3.8, 4) is 27.6 Å². The third-order valence-electron chi connectivity index (χ3n) is 9.92. The molecule has 0 aliphatic carbocycles. The van der Waals surface area contributed by atoms with Crippen molar-refractivity contribution in [3.63, 3.8) is 0 Å². The Hall–Kier alpha value is -5.68. The van der Waals surface area contributed by atoms with Crippen molar-refractivity contribution >= 4 is 71.6 Å². The smallest absolute Gasteiger partial charge is 0.00687 e. The van der Waals surface area contributed by atoms with Crippen LogP contribution in [0, 0.1) is 0 Å². The highest BCUT2D eigenvalue weighted by Crippen LogP contribution is 2.55. The molecule has 0 spiro atoms. The van der Waals surface area contributed by atoms with Gasteiger partial charge in [0.1, 0.15) is 0 Å². The Morgan fingerprint density at radius 3 is 1.55 bits per heavy atom. The van der Waals surface area contributed by atoms with E-state index in [0.29, 0.717) is 0 Å². The summed E-state index contributed by atoms with van der Waals surface area (Å²) >= 11 is 0. The van der Waals surface area contributed by atoms with E-state index in [4.69, 9.17) is 0 Å². The minimum atomic E-state index is -0.579. The fourth-order valence-corrected chi connectivity index (χ4v) is 10.4. The van der Waals surface area contributed by atoms with E-state index >= 15 is 0 Å². The molecule has 0 N–H and O–H groups in total. The number of hydrogen-bond acceptors (Lipinski definition) is 0. The van der Waals surface area contributed by atoms with Crippen LogP contribution in [-0.4, -0.2) is 0 Å². The molecule has 0 saturated heterocycles. The molecule has 0 nitrogen and oxygen atoms in total. The third kappa shape index (κ3) is 4.09. The van der Waals surface area contributed by atoms with Gasteiger partial charge in [0.25, 0.3) is 0 Å². The summed E-state index contributed by atoms with van der Waals surface area (Å²) in [5.41, 5.74) is 5.07. The number of hydrogen-bond donors (Lipinski definition) is 0. The molecule has 0 amide bonds. The van der Waals surface area contributed by atoms with Gasteiger partial charge < -0.3 is 0 Å². The fourth-order valence-electron chi connectivity index (χ4n) is 7.81. The van der Waals surface area contributed by atoms with Crippen LogP contribution < -0.4 is 0 Å². The topological polar surface area (TPSA) is 0 Å². The summed E-state index contributed by atoms with van der Waals surface area (Å²) in [6.07, 6.45) is 0. The van der Waals surface area contributed by atoms with Crippen molar-refractivity contribution in [1.29, 1.82) is 0 Å². The molecule has 0 aliphatic rings. The molecule has 0 aliphatic heterocycles. The number of benzene rings is 9. The van der Waals surface area contributed by atoms with Crippen LogP contribution in [0.2, 0.25) is 0 Å². The molecule has 47 heavy (non-hydrogen) atoms. The van der Waals surface area contributed by atoms with Crippen molar-refractivity contribution in [2.24, 2.45) is 0 Å². The maximum Gasteiger partial charge on any atom is 0.00687 e.